The highest BCUT2D eigenvalue weighted by atomic mass is 16.5. The van der Waals surface area contributed by atoms with Crippen LogP contribution in [0.4, 0.5) is 0 Å². The minimum atomic E-state index is -0.453. The standard InChI is InChI=1S/C19H26N4O3/c1-13(24)23-11-8-14(9-12-23)21-16-6-4-3-5-15(16)18-20-10-7-17(22-18)19(25)26-2/h5,7,10,14,16,21H,3-4,6,8-9,11-12H2,1-2H3. The van der Waals surface area contributed by atoms with Crippen LogP contribution in [-0.2, 0) is 9.53 Å². The number of rotatable bonds is 4. The second kappa shape index (κ2) is 8.40. The van der Waals surface area contributed by atoms with E-state index < -0.39 is 5.97 Å². The monoisotopic (exact) mass is 358 g/mol. The Kier molecular flexibility index (Phi) is 5.98. The van der Waals surface area contributed by atoms with Crippen LogP contribution in [0.25, 0.3) is 5.57 Å². The number of likely N-dealkylation sites (tertiary alicyclic amines) is 1. The fraction of sp³-hybridized carbons (Fsp3) is 0.579. The summed E-state index contributed by atoms with van der Waals surface area (Å²) in [4.78, 5) is 33.9. The highest BCUT2D eigenvalue weighted by Crippen LogP contribution is 2.27. The maximum absolute atomic E-state index is 11.8. The quantitative estimate of drug-likeness (QED) is 0.826. The number of amides is 1. The second-order valence-corrected chi connectivity index (χ2v) is 6.85. The molecule has 1 atom stereocenters. The van der Waals surface area contributed by atoms with Crippen LogP contribution in [0.15, 0.2) is 18.3 Å². The Morgan fingerprint density at radius 2 is 2.04 bits per heavy atom. The van der Waals surface area contributed by atoms with Gasteiger partial charge in [0.15, 0.2) is 11.5 Å². The van der Waals surface area contributed by atoms with Gasteiger partial charge in [0.25, 0.3) is 0 Å². The summed E-state index contributed by atoms with van der Waals surface area (Å²) >= 11 is 0. The van der Waals surface area contributed by atoms with Crippen LogP contribution in [0.5, 0.6) is 0 Å². The molecule has 2 heterocycles. The third-order valence-corrected chi connectivity index (χ3v) is 5.12. The molecular weight excluding hydrogens is 332 g/mol. The summed E-state index contributed by atoms with van der Waals surface area (Å²) < 4.78 is 4.76. The molecule has 140 valence electrons. The van der Waals surface area contributed by atoms with E-state index >= 15 is 0 Å². The molecule has 2 aliphatic rings. The number of nitrogens with zero attached hydrogens (tertiary/aromatic N) is 3. The highest BCUT2D eigenvalue weighted by Gasteiger charge is 2.27. The third-order valence-electron chi connectivity index (χ3n) is 5.12. The van der Waals surface area contributed by atoms with Crippen molar-refractivity contribution in [2.75, 3.05) is 20.2 Å². The molecule has 1 N–H and O–H groups in total. The summed E-state index contributed by atoms with van der Waals surface area (Å²) in [5, 5.41) is 3.73. The zero-order valence-corrected chi connectivity index (χ0v) is 15.4. The number of methoxy groups -OCH3 is 1. The minimum absolute atomic E-state index is 0.148. The third kappa shape index (κ3) is 4.27. The molecule has 1 saturated heterocycles. The van der Waals surface area contributed by atoms with E-state index in [1.807, 2.05) is 4.90 Å². The first kappa shape index (κ1) is 18.5. The van der Waals surface area contributed by atoms with Crippen molar-refractivity contribution < 1.29 is 14.3 Å². The van der Waals surface area contributed by atoms with Crippen molar-refractivity contribution in [2.24, 2.45) is 0 Å². The molecule has 1 aliphatic heterocycles. The molecule has 1 unspecified atom stereocenters. The highest BCUT2D eigenvalue weighted by molar-refractivity contribution is 5.87. The number of hydrogen-bond acceptors (Lipinski definition) is 6. The van der Waals surface area contributed by atoms with E-state index in [-0.39, 0.29) is 17.6 Å². The summed E-state index contributed by atoms with van der Waals surface area (Å²) in [5.74, 6) is 0.284. The number of nitrogens with one attached hydrogen (secondary N) is 1. The van der Waals surface area contributed by atoms with E-state index in [1.54, 1.807) is 19.2 Å². The first-order chi connectivity index (χ1) is 12.6. The van der Waals surface area contributed by atoms with Crippen LogP contribution in [0.1, 0.15) is 55.3 Å². The van der Waals surface area contributed by atoms with E-state index in [0.717, 1.165) is 50.8 Å². The summed E-state index contributed by atoms with van der Waals surface area (Å²) in [5.41, 5.74) is 1.33. The molecule has 3 rings (SSSR count). The maximum atomic E-state index is 11.8. The number of hydrogen-bond donors (Lipinski definition) is 1. The van der Waals surface area contributed by atoms with Crippen molar-refractivity contribution in [1.82, 2.24) is 20.2 Å². The van der Waals surface area contributed by atoms with Crippen molar-refractivity contribution in [3.05, 3.63) is 29.9 Å². The number of allylic oxidation sites excluding steroid dienone is 1. The van der Waals surface area contributed by atoms with Gasteiger partial charge >= 0.3 is 5.97 Å². The lowest BCUT2D eigenvalue weighted by atomic mass is 9.91. The van der Waals surface area contributed by atoms with Crippen molar-refractivity contribution >= 4 is 17.4 Å². The van der Waals surface area contributed by atoms with Gasteiger partial charge in [-0.05, 0) is 38.2 Å². The van der Waals surface area contributed by atoms with Crippen LogP contribution in [0, 0.1) is 0 Å². The summed E-state index contributed by atoms with van der Waals surface area (Å²) in [6.45, 7) is 3.22. The molecule has 7 heteroatoms. The number of ether oxygens (including phenoxy) is 1. The van der Waals surface area contributed by atoms with E-state index in [0.29, 0.717) is 11.9 Å². The SMILES string of the molecule is COC(=O)c1ccnc(C2=CCCCC2NC2CCN(C(C)=O)CC2)n1. The Hall–Kier alpha value is -2.28. The van der Waals surface area contributed by atoms with Gasteiger partial charge < -0.3 is 15.0 Å². The molecule has 7 nitrogen and oxygen atoms in total. The largest absolute Gasteiger partial charge is 0.464 e. The van der Waals surface area contributed by atoms with Crippen LogP contribution in [0.3, 0.4) is 0 Å². The Morgan fingerprint density at radius 1 is 1.27 bits per heavy atom. The molecular formula is C19H26N4O3. The predicted octanol–water partition coefficient (Wildman–Crippen LogP) is 1.80. The molecule has 0 aromatic carbocycles. The van der Waals surface area contributed by atoms with Gasteiger partial charge in [0.05, 0.1) is 7.11 Å². The van der Waals surface area contributed by atoms with Crippen molar-refractivity contribution in [1.29, 1.82) is 0 Å². The number of carbonyl (C=O) groups excluding carboxylic acids is 2. The van der Waals surface area contributed by atoms with Crippen LogP contribution in [-0.4, -0.2) is 59.0 Å². The first-order valence-corrected chi connectivity index (χ1v) is 9.22. The Bertz CT molecular complexity index is 696. The lowest BCUT2D eigenvalue weighted by Gasteiger charge is -2.35. The molecule has 1 aromatic rings. The van der Waals surface area contributed by atoms with Gasteiger partial charge in [-0.15, -0.1) is 0 Å². The smallest absolute Gasteiger partial charge is 0.356 e. The Balaban J connectivity index is 1.70. The van der Waals surface area contributed by atoms with Gasteiger partial charge in [-0.25, -0.2) is 14.8 Å². The van der Waals surface area contributed by atoms with Gasteiger partial charge in [-0.1, -0.05) is 6.08 Å². The zero-order chi connectivity index (χ0) is 18.5. The molecule has 1 aliphatic carbocycles. The van der Waals surface area contributed by atoms with E-state index in [4.69, 9.17) is 4.74 Å². The van der Waals surface area contributed by atoms with Crippen molar-refractivity contribution in [3.8, 4) is 0 Å². The fourth-order valence-electron chi connectivity index (χ4n) is 3.66. The van der Waals surface area contributed by atoms with E-state index in [1.165, 1.54) is 7.11 Å². The number of esters is 1. The van der Waals surface area contributed by atoms with Crippen LogP contribution in [0.2, 0.25) is 0 Å². The average Bonchev–Trinajstić information content (AvgIpc) is 2.68. The Labute approximate surface area is 153 Å². The molecule has 1 amide bonds. The zero-order valence-electron chi connectivity index (χ0n) is 15.4. The fourth-order valence-corrected chi connectivity index (χ4v) is 3.66. The first-order valence-electron chi connectivity index (χ1n) is 9.22. The van der Waals surface area contributed by atoms with Crippen LogP contribution < -0.4 is 5.32 Å². The molecule has 1 aromatic heterocycles. The van der Waals surface area contributed by atoms with Gasteiger partial charge in [0.1, 0.15) is 0 Å². The maximum Gasteiger partial charge on any atom is 0.356 e. The summed E-state index contributed by atoms with van der Waals surface area (Å²) in [6.07, 6.45) is 8.80. The molecule has 0 saturated carbocycles. The normalized spacial score (nSPS) is 21.2. The lowest BCUT2D eigenvalue weighted by molar-refractivity contribution is -0.129. The van der Waals surface area contributed by atoms with Gasteiger partial charge in [0, 0.05) is 43.9 Å². The average molecular weight is 358 g/mol. The predicted molar refractivity (Wildman–Crippen MR) is 97.4 cm³/mol. The van der Waals surface area contributed by atoms with E-state index in [2.05, 4.69) is 21.4 Å². The summed E-state index contributed by atoms with van der Waals surface area (Å²) in [6, 6.07) is 2.12. The van der Waals surface area contributed by atoms with Gasteiger partial charge in [0.2, 0.25) is 5.91 Å². The lowest BCUT2D eigenvalue weighted by Crippen LogP contribution is -2.48. The molecule has 0 radical (unpaired) electrons. The van der Waals surface area contributed by atoms with Crippen molar-refractivity contribution in [3.63, 3.8) is 0 Å². The van der Waals surface area contributed by atoms with E-state index in [9.17, 15) is 9.59 Å². The van der Waals surface area contributed by atoms with Gasteiger partial charge in [-0.3, -0.25) is 4.79 Å². The molecule has 0 bridgehead atoms. The number of carbonyl (C=O) groups is 2. The topological polar surface area (TPSA) is 84.4 Å². The second-order valence-electron chi connectivity index (χ2n) is 6.85. The number of piperidine rings is 1. The van der Waals surface area contributed by atoms with Crippen LogP contribution >= 0.6 is 0 Å². The van der Waals surface area contributed by atoms with Gasteiger partial charge in [-0.2, -0.15) is 0 Å². The Morgan fingerprint density at radius 3 is 2.73 bits per heavy atom. The number of aromatic nitrogens is 2. The minimum Gasteiger partial charge on any atom is -0.464 e. The molecule has 1 fully saturated rings. The molecule has 0 spiro atoms. The summed E-state index contributed by atoms with van der Waals surface area (Å²) in [7, 11) is 1.35. The van der Waals surface area contributed by atoms with Crippen molar-refractivity contribution in [2.45, 2.75) is 51.1 Å². The molecule has 26 heavy (non-hydrogen) atoms.